The molecule has 0 unspecified atom stereocenters. The number of nitro groups is 1. The first-order valence-electron chi connectivity index (χ1n) is 10.0. The molecule has 154 valence electrons. The normalized spacial score (nSPS) is 20.7. The smallest absolute Gasteiger partial charge is 0.332 e. The summed E-state index contributed by atoms with van der Waals surface area (Å²) in [6, 6.07) is 6.27. The second-order valence-corrected chi connectivity index (χ2v) is 7.86. The molecule has 5 N–H and O–H groups in total. The van der Waals surface area contributed by atoms with Gasteiger partial charge < -0.3 is 21.5 Å². The quantitative estimate of drug-likeness (QED) is 0.498. The highest BCUT2D eigenvalue weighted by Gasteiger charge is 2.27. The standard InChI is InChI=1S/C20H26N6O3/c21-15-4-1-12(2-5-15)10-16-18(26(27)28)19(22)25-20(24-16)23-11-13-3-6-17-14(9-13)7-8-29-17/h3,6,9,12,15H,1-2,4-5,7-8,10-11,21H2,(H3,22,23,24,25)/t12-,15-. The summed E-state index contributed by atoms with van der Waals surface area (Å²) in [7, 11) is 0. The summed E-state index contributed by atoms with van der Waals surface area (Å²) in [5, 5.41) is 14.7. The molecule has 0 amide bonds. The Morgan fingerprint density at radius 3 is 2.79 bits per heavy atom. The fourth-order valence-electron chi connectivity index (χ4n) is 4.14. The van der Waals surface area contributed by atoms with Gasteiger partial charge in [0, 0.05) is 19.0 Å². The lowest BCUT2D eigenvalue weighted by molar-refractivity contribution is -0.385. The van der Waals surface area contributed by atoms with Crippen LogP contribution in [0.2, 0.25) is 0 Å². The SMILES string of the molecule is Nc1nc(NCc2ccc3c(c2)CCO3)nc(C[C@H]2CC[C@H](N)CC2)c1[N+](=O)[O-]. The van der Waals surface area contributed by atoms with Crippen LogP contribution in [0, 0.1) is 16.0 Å². The number of nitrogen functional groups attached to an aromatic ring is 1. The van der Waals surface area contributed by atoms with Crippen LogP contribution < -0.4 is 21.5 Å². The Labute approximate surface area is 169 Å². The third-order valence-electron chi connectivity index (χ3n) is 5.74. The van der Waals surface area contributed by atoms with Crippen LogP contribution in [0.25, 0.3) is 0 Å². The van der Waals surface area contributed by atoms with Crippen LogP contribution in [0.15, 0.2) is 18.2 Å². The zero-order chi connectivity index (χ0) is 20.4. The summed E-state index contributed by atoms with van der Waals surface area (Å²) in [5.74, 6) is 1.47. The van der Waals surface area contributed by atoms with E-state index in [0.29, 0.717) is 37.1 Å². The van der Waals surface area contributed by atoms with Gasteiger partial charge >= 0.3 is 5.69 Å². The summed E-state index contributed by atoms with van der Waals surface area (Å²) in [6.07, 6.45) is 5.18. The van der Waals surface area contributed by atoms with E-state index in [1.807, 2.05) is 12.1 Å². The number of fused-ring (bicyclic) bond motifs is 1. The fourth-order valence-corrected chi connectivity index (χ4v) is 4.14. The van der Waals surface area contributed by atoms with Gasteiger partial charge in [-0.05, 0) is 55.2 Å². The molecule has 0 saturated heterocycles. The molecular formula is C20H26N6O3. The highest BCUT2D eigenvalue weighted by atomic mass is 16.6. The van der Waals surface area contributed by atoms with E-state index < -0.39 is 4.92 Å². The average Bonchev–Trinajstić information content (AvgIpc) is 3.15. The highest BCUT2D eigenvalue weighted by Crippen LogP contribution is 2.32. The molecule has 1 aromatic carbocycles. The maximum absolute atomic E-state index is 11.5. The Hall–Kier alpha value is -2.94. The molecule has 4 rings (SSSR count). The minimum absolute atomic E-state index is 0.0997. The third-order valence-corrected chi connectivity index (χ3v) is 5.74. The molecule has 2 heterocycles. The van der Waals surface area contributed by atoms with Crippen molar-refractivity contribution < 1.29 is 9.66 Å². The Morgan fingerprint density at radius 1 is 1.24 bits per heavy atom. The van der Waals surface area contributed by atoms with Crippen LogP contribution in [-0.4, -0.2) is 27.5 Å². The molecule has 1 aromatic heterocycles. The van der Waals surface area contributed by atoms with E-state index in [4.69, 9.17) is 16.2 Å². The van der Waals surface area contributed by atoms with Crippen molar-refractivity contribution in [3.05, 3.63) is 45.1 Å². The maximum Gasteiger partial charge on any atom is 0.332 e. The Kier molecular flexibility index (Phi) is 5.48. The van der Waals surface area contributed by atoms with Crippen molar-refractivity contribution in [3.63, 3.8) is 0 Å². The molecule has 1 aliphatic heterocycles. The van der Waals surface area contributed by atoms with Crippen molar-refractivity contribution in [1.82, 2.24) is 9.97 Å². The Morgan fingerprint density at radius 2 is 2.03 bits per heavy atom. The van der Waals surface area contributed by atoms with Crippen molar-refractivity contribution in [1.29, 1.82) is 0 Å². The van der Waals surface area contributed by atoms with Gasteiger partial charge in [0.2, 0.25) is 11.8 Å². The first-order valence-corrected chi connectivity index (χ1v) is 10.0. The molecule has 1 saturated carbocycles. The second-order valence-electron chi connectivity index (χ2n) is 7.86. The average molecular weight is 398 g/mol. The van der Waals surface area contributed by atoms with Gasteiger partial charge in [-0.3, -0.25) is 10.1 Å². The van der Waals surface area contributed by atoms with Crippen LogP contribution in [0.3, 0.4) is 0 Å². The van der Waals surface area contributed by atoms with Crippen LogP contribution in [0.1, 0.15) is 42.5 Å². The molecule has 2 aromatic rings. The summed E-state index contributed by atoms with van der Waals surface area (Å²) in [5.41, 5.74) is 14.4. The van der Waals surface area contributed by atoms with E-state index in [-0.39, 0.29) is 17.5 Å². The number of benzene rings is 1. The molecular weight excluding hydrogens is 372 g/mol. The molecule has 9 heteroatoms. The number of ether oxygens (including phenoxy) is 1. The van der Waals surface area contributed by atoms with Gasteiger partial charge in [-0.2, -0.15) is 4.98 Å². The van der Waals surface area contributed by atoms with Gasteiger partial charge in [0.05, 0.1) is 11.5 Å². The zero-order valence-electron chi connectivity index (χ0n) is 16.3. The highest BCUT2D eigenvalue weighted by molar-refractivity contribution is 5.58. The lowest BCUT2D eigenvalue weighted by Crippen LogP contribution is -2.27. The molecule has 0 atom stereocenters. The van der Waals surface area contributed by atoms with Crippen molar-refractivity contribution in [2.24, 2.45) is 11.7 Å². The number of hydrogen-bond donors (Lipinski definition) is 3. The Balaban J connectivity index is 1.51. The third kappa shape index (κ3) is 4.40. The van der Waals surface area contributed by atoms with Crippen molar-refractivity contribution >= 4 is 17.5 Å². The van der Waals surface area contributed by atoms with Crippen molar-refractivity contribution in [3.8, 4) is 5.75 Å². The lowest BCUT2D eigenvalue weighted by Gasteiger charge is -2.25. The number of nitrogens with zero attached hydrogens (tertiary/aromatic N) is 3. The van der Waals surface area contributed by atoms with E-state index >= 15 is 0 Å². The summed E-state index contributed by atoms with van der Waals surface area (Å²) in [4.78, 5) is 19.6. The van der Waals surface area contributed by atoms with Crippen molar-refractivity contribution in [2.75, 3.05) is 17.7 Å². The topological polar surface area (TPSA) is 142 Å². The second kappa shape index (κ2) is 8.20. The summed E-state index contributed by atoms with van der Waals surface area (Å²) in [6.45, 7) is 1.21. The molecule has 2 aliphatic rings. The first kappa shape index (κ1) is 19.4. The van der Waals surface area contributed by atoms with Crippen LogP contribution in [-0.2, 0) is 19.4 Å². The number of anilines is 2. The molecule has 1 aliphatic carbocycles. The monoisotopic (exact) mass is 398 g/mol. The van der Waals surface area contributed by atoms with Crippen LogP contribution in [0.5, 0.6) is 5.75 Å². The maximum atomic E-state index is 11.5. The predicted molar refractivity (Wildman–Crippen MR) is 110 cm³/mol. The minimum atomic E-state index is -0.483. The number of nitrogens with one attached hydrogen (secondary N) is 1. The molecule has 9 nitrogen and oxygen atoms in total. The number of nitrogens with two attached hydrogens (primary N) is 2. The minimum Gasteiger partial charge on any atom is -0.493 e. The molecule has 1 fully saturated rings. The zero-order valence-corrected chi connectivity index (χ0v) is 16.3. The van der Waals surface area contributed by atoms with Gasteiger partial charge in [0.1, 0.15) is 11.4 Å². The molecule has 0 bridgehead atoms. The van der Waals surface area contributed by atoms with Gasteiger partial charge in [0.15, 0.2) is 0 Å². The summed E-state index contributed by atoms with van der Waals surface area (Å²) >= 11 is 0. The predicted octanol–water partition coefficient (Wildman–Crippen LogP) is 2.57. The van der Waals surface area contributed by atoms with E-state index in [2.05, 4.69) is 21.4 Å². The van der Waals surface area contributed by atoms with E-state index in [0.717, 1.165) is 43.4 Å². The number of hydrogen-bond acceptors (Lipinski definition) is 8. The summed E-state index contributed by atoms with van der Waals surface area (Å²) < 4.78 is 5.53. The van der Waals surface area contributed by atoms with E-state index in [1.165, 1.54) is 5.56 Å². The number of aromatic nitrogens is 2. The van der Waals surface area contributed by atoms with E-state index in [9.17, 15) is 10.1 Å². The van der Waals surface area contributed by atoms with Crippen LogP contribution in [0.4, 0.5) is 17.5 Å². The fraction of sp³-hybridized carbons (Fsp3) is 0.500. The van der Waals surface area contributed by atoms with Crippen LogP contribution >= 0.6 is 0 Å². The molecule has 29 heavy (non-hydrogen) atoms. The Bertz CT molecular complexity index is 911. The molecule has 0 radical (unpaired) electrons. The largest absolute Gasteiger partial charge is 0.493 e. The molecule has 0 spiro atoms. The first-order chi connectivity index (χ1) is 14.0. The number of rotatable bonds is 6. The van der Waals surface area contributed by atoms with Gasteiger partial charge in [-0.25, -0.2) is 4.98 Å². The lowest BCUT2D eigenvalue weighted by atomic mass is 9.83. The van der Waals surface area contributed by atoms with Gasteiger partial charge in [-0.15, -0.1) is 0 Å². The van der Waals surface area contributed by atoms with Gasteiger partial charge in [0.25, 0.3) is 0 Å². The van der Waals surface area contributed by atoms with Gasteiger partial charge in [-0.1, -0.05) is 12.1 Å². The van der Waals surface area contributed by atoms with Crippen molar-refractivity contribution in [2.45, 2.75) is 51.1 Å². The van der Waals surface area contributed by atoms with E-state index in [1.54, 1.807) is 0 Å².